The van der Waals surface area contributed by atoms with Gasteiger partial charge in [-0.15, -0.1) is 0 Å². The first-order chi connectivity index (χ1) is 7.10. The van der Waals surface area contributed by atoms with Crippen molar-refractivity contribution in [2.24, 2.45) is 5.41 Å². The van der Waals surface area contributed by atoms with Crippen molar-refractivity contribution < 1.29 is 9.53 Å². The molecule has 0 aromatic rings. The van der Waals surface area contributed by atoms with Crippen LogP contribution in [0.5, 0.6) is 0 Å². The van der Waals surface area contributed by atoms with Gasteiger partial charge in [0.25, 0.3) is 0 Å². The molecule has 0 atom stereocenters. The second-order valence-electron chi connectivity index (χ2n) is 3.51. The van der Waals surface area contributed by atoms with Gasteiger partial charge in [-0.3, -0.25) is 4.79 Å². The van der Waals surface area contributed by atoms with E-state index in [2.05, 4.69) is 33.9 Å². The molecule has 82 valence electrons. The van der Waals surface area contributed by atoms with E-state index < -0.39 is 5.41 Å². The van der Waals surface area contributed by atoms with E-state index in [1.165, 1.54) is 0 Å². The van der Waals surface area contributed by atoms with E-state index in [9.17, 15) is 4.79 Å². The second-order valence-corrected chi connectivity index (χ2v) is 4.63. The smallest absolute Gasteiger partial charge is 0.240 e. The molecule has 1 heterocycles. The van der Waals surface area contributed by atoms with E-state index in [1.807, 2.05) is 0 Å². The number of nitrogens with one attached hydrogen (secondary N) is 1. The number of halogens is 1. The Morgan fingerprint density at radius 2 is 2.20 bits per heavy atom. The van der Waals surface area contributed by atoms with E-state index in [0.717, 1.165) is 0 Å². The summed E-state index contributed by atoms with van der Waals surface area (Å²) in [6.45, 7) is 4.90. The topological polar surface area (TPSA) is 62.1 Å². The molecule has 0 radical (unpaired) electrons. The first-order valence-corrected chi connectivity index (χ1v) is 5.50. The molecule has 4 nitrogen and oxygen atoms in total. The summed E-state index contributed by atoms with van der Waals surface area (Å²) < 4.78 is 5.84. The Kier molecular flexibility index (Phi) is 4.30. The summed E-state index contributed by atoms with van der Waals surface area (Å²) in [7, 11) is 0. The van der Waals surface area contributed by atoms with Crippen molar-refractivity contribution in [3.8, 4) is 6.07 Å². The van der Waals surface area contributed by atoms with Gasteiger partial charge in [-0.2, -0.15) is 5.26 Å². The molecule has 0 spiro atoms. The second kappa shape index (κ2) is 5.29. The largest absolute Gasteiger partial charge is 0.381 e. The van der Waals surface area contributed by atoms with Gasteiger partial charge in [0.2, 0.25) is 5.91 Å². The fraction of sp³-hybridized carbons (Fsp3) is 0.600. The molecule has 0 aromatic heterocycles. The molecule has 0 saturated carbocycles. The summed E-state index contributed by atoms with van der Waals surface area (Å²) in [5.41, 5.74) is -0.916. The van der Waals surface area contributed by atoms with Crippen LogP contribution in [0.15, 0.2) is 11.1 Å². The first-order valence-electron chi connectivity index (χ1n) is 4.71. The molecule has 1 N–H and O–H groups in total. The van der Waals surface area contributed by atoms with Crippen LogP contribution in [0, 0.1) is 16.7 Å². The first kappa shape index (κ1) is 12.2. The Bertz CT molecular complexity index is 303. The molecular formula is C10H13BrN2O2. The van der Waals surface area contributed by atoms with Gasteiger partial charge in [-0.05, 0) is 12.8 Å². The van der Waals surface area contributed by atoms with Crippen molar-refractivity contribution in [2.45, 2.75) is 12.8 Å². The average molecular weight is 273 g/mol. The summed E-state index contributed by atoms with van der Waals surface area (Å²) in [6.07, 6.45) is 0.925. The van der Waals surface area contributed by atoms with Gasteiger partial charge in [0.05, 0.1) is 6.07 Å². The van der Waals surface area contributed by atoms with Crippen molar-refractivity contribution in [1.82, 2.24) is 5.32 Å². The highest BCUT2D eigenvalue weighted by molar-refractivity contribution is 9.11. The summed E-state index contributed by atoms with van der Waals surface area (Å²) in [5.74, 6) is -0.228. The van der Waals surface area contributed by atoms with Crippen molar-refractivity contribution in [3.05, 3.63) is 11.1 Å². The quantitative estimate of drug-likeness (QED) is 0.843. The maximum Gasteiger partial charge on any atom is 0.240 e. The summed E-state index contributed by atoms with van der Waals surface area (Å²) in [4.78, 5) is 11.8. The molecule has 1 fully saturated rings. The maximum absolute atomic E-state index is 11.8. The standard InChI is InChI=1S/C10H13BrN2O2/c1-8(11)6-13-9(14)10(7-12)2-4-15-5-3-10/h1-6H2,(H,13,14). The minimum absolute atomic E-state index is 0.228. The molecule has 0 unspecified atom stereocenters. The van der Waals surface area contributed by atoms with E-state index in [0.29, 0.717) is 37.1 Å². The minimum Gasteiger partial charge on any atom is -0.381 e. The predicted molar refractivity (Wildman–Crippen MR) is 59.2 cm³/mol. The molecule has 0 bridgehead atoms. The highest BCUT2D eigenvalue weighted by Gasteiger charge is 2.40. The monoisotopic (exact) mass is 272 g/mol. The lowest BCUT2D eigenvalue weighted by atomic mass is 9.81. The molecule has 5 heteroatoms. The Labute approximate surface area is 97.4 Å². The summed E-state index contributed by atoms with van der Waals surface area (Å²) in [5, 5.41) is 11.8. The normalized spacial score (nSPS) is 18.9. The zero-order valence-electron chi connectivity index (χ0n) is 8.38. The highest BCUT2D eigenvalue weighted by atomic mass is 79.9. The molecule has 1 saturated heterocycles. The number of carbonyl (C=O) groups is 1. The van der Waals surface area contributed by atoms with Gasteiger partial charge in [0.15, 0.2) is 0 Å². The third-order valence-corrected chi connectivity index (χ3v) is 2.72. The van der Waals surface area contributed by atoms with Gasteiger partial charge in [0, 0.05) is 24.2 Å². The molecule has 1 amide bonds. The van der Waals surface area contributed by atoms with E-state index in [-0.39, 0.29) is 5.91 Å². The third kappa shape index (κ3) is 3.05. The van der Waals surface area contributed by atoms with Crippen LogP contribution in [0.2, 0.25) is 0 Å². The lowest BCUT2D eigenvalue weighted by Crippen LogP contribution is -2.44. The van der Waals surface area contributed by atoms with Crippen molar-refractivity contribution in [1.29, 1.82) is 5.26 Å². The third-order valence-electron chi connectivity index (χ3n) is 2.44. The Balaban J connectivity index is 2.61. The number of hydrogen-bond donors (Lipinski definition) is 1. The molecule has 0 aromatic carbocycles. The fourth-order valence-electron chi connectivity index (χ4n) is 1.45. The number of nitriles is 1. The number of nitrogens with zero attached hydrogens (tertiary/aromatic N) is 1. The van der Waals surface area contributed by atoms with Gasteiger partial charge in [-0.25, -0.2) is 0 Å². The van der Waals surface area contributed by atoms with Crippen LogP contribution in [-0.4, -0.2) is 25.7 Å². The van der Waals surface area contributed by atoms with Crippen LogP contribution < -0.4 is 5.32 Å². The van der Waals surface area contributed by atoms with E-state index >= 15 is 0 Å². The average Bonchev–Trinajstić information content (AvgIpc) is 2.26. The van der Waals surface area contributed by atoms with Gasteiger partial charge < -0.3 is 10.1 Å². The van der Waals surface area contributed by atoms with Crippen molar-refractivity contribution >= 4 is 21.8 Å². The number of hydrogen-bond acceptors (Lipinski definition) is 3. The van der Waals surface area contributed by atoms with Crippen LogP contribution in [0.3, 0.4) is 0 Å². The van der Waals surface area contributed by atoms with Crippen LogP contribution in [-0.2, 0) is 9.53 Å². The molecular weight excluding hydrogens is 260 g/mol. The molecule has 1 rings (SSSR count). The number of rotatable bonds is 3. The van der Waals surface area contributed by atoms with Crippen LogP contribution in [0.4, 0.5) is 0 Å². The van der Waals surface area contributed by atoms with Crippen LogP contribution in [0.25, 0.3) is 0 Å². The number of ether oxygens (including phenoxy) is 1. The number of amides is 1. The molecule has 15 heavy (non-hydrogen) atoms. The lowest BCUT2D eigenvalue weighted by molar-refractivity contribution is -0.132. The number of carbonyl (C=O) groups excluding carboxylic acids is 1. The Hall–Kier alpha value is -0.860. The van der Waals surface area contributed by atoms with Gasteiger partial charge in [0.1, 0.15) is 5.41 Å². The Morgan fingerprint density at radius 3 is 2.67 bits per heavy atom. The minimum atomic E-state index is -0.916. The maximum atomic E-state index is 11.8. The van der Waals surface area contributed by atoms with Crippen LogP contribution in [0.1, 0.15) is 12.8 Å². The van der Waals surface area contributed by atoms with Gasteiger partial charge >= 0.3 is 0 Å². The van der Waals surface area contributed by atoms with E-state index in [1.54, 1.807) is 0 Å². The summed E-state index contributed by atoms with van der Waals surface area (Å²) >= 11 is 3.15. The fourth-order valence-corrected chi connectivity index (χ4v) is 1.60. The zero-order chi connectivity index (χ0) is 11.3. The molecule has 0 aliphatic carbocycles. The van der Waals surface area contributed by atoms with E-state index in [4.69, 9.17) is 10.00 Å². The van der Waals surface area contributed by atoms with Crippen molar-refractivity contribution in [3.63, 3.8) is 0 Å². The lowest BCUT2D eigenvalue weighted by Gasteiger charge is -2.29. The summed E-state index contributed by atoms with van der Waals surface area (Å²) in [6, 6.07) is 2.10. The Morgan fingerprint density at radius 1 is 1.60 bits per heavy atom. The SMILES string of the molecule is C=C(Br)CNC(=O)C1(C#N)CCOCC1. The molecule has 1 aliphatic rings. The predicted octanol–water partition coefficient (Wildman–Crippen LogP) is 1.33. The van der Waals surface area contributed by atoms with Crippen molar-refractivity contribution in [2.75, 3.05) is 19.8 Å². The highest BCUT2D eigenvalue weighted by Crippen LogP contribution is 2.29. The molecule has 1 aliphatic heterocycles. The zero-order valence-corrected chi connectivity index (χ0v) is 9.97. The van der Waals surface area contributed by atoms with Gasteiger partial charge in [-0.1, -0.05) is 22.5 Å². The van der Waals surface area contributed by atoms with Crippen LogP contribution >= 0.6 is 15.9 Å².